The van der Waals surface area contributed by atoms with Crippen LogP contribution < -0.4 is 5.32 Å². The summed E-state index contributed by atoms with van der Waals surface area (Å²) in [5.41, 5.74) is 2.11. The van der Waals surface area contributed by atoms with Gasteiger partial charge >= 0.3 is 0 Å². The zero-order valence-corrected chi connectivity index (χ0v) is 18.4. The molecule has 1 saturated heterocycles. The van der Waals surface area contributed by atoms with Gasteiger partial charge in [0.15, 0.2) is 5.69 Å². The summed E-state index contributed by atoms with van der Waals surface area (Å²) in [5.74, 6) is 0.984. The van der Waals surface area contributed by atoms with E-state index in [1.165, 1.54) is 18.4 Å². The summed E-state index contributed by atoms with van der Waals surface area (Å²) < 4.78 is 1.67. The fraction of sp³-hybridized carbons (Fsp3) is 0.591. The van der Waals surface area contributed by atoms with Crippen molar-refractivity contribution in [3.8, 4) is 0 Å². The van der Waals surface area contributed by atoms with E-state index in [0.717, 1.165) is 31.5 Å². The van der Waals surface area contributed by atoms with Crippen molar-refractivity contribution in [2.75, 3.05) is 32.0 Å². The average molecular weight is 446 g/mol. The largest absolute Gasteiger partial charge is 0.393 e. The molecule has 0 aromatic carbocycles. The summed E-state index contributed by atoms with van der Waals surface area (Å²) in [5, 5.41) is 17.7. The number of aliphatic hydroxyl groups excluding tert-OH is 1. The van der Waals surface area contributed by atoms with Crippen LogP contribution in [0, 0.1) is 0 Å². The quantitative estimate of drug-likeness (QED) is 0.754. The monoisotopic (exact) mass is 445 g/mol. The third-order valence-electron chi connectivity index (χ3n) is 6.85. The predicted molar refractivity (Wildman–Crippen MR) is 118 cm³/mol. The van der Waals surface area contributed by atoms with Crippen molar-refractivity contribution in [2.24, 2.45) is 0 Å². The lowest BCUT2D eigenvalue weighted by Crippen LogP contribution is -2.56. The minimum atomic E-state index is -0.309. The molecule has 0 unspecified atom stereocenters. The van der Waals surface area contributed by atoms with E-state index < -0.39 is 0 Å². The number of piperazine rings is 1. The maximum atomic E-state index is 13.2. The van der Waals surface area contributed by atoms with Crippen LogP contribution in [0.2, 0.25) is 5.02 Å². The van der Waals surface area contributed by atoms with Crippen LogP contribution in [0.25, 0.3) is 5.52 Å². The van der Waals surface area contributed by atoms with E-state index in [4.69, 9.17) is 11.6 Å². The molecule has 5 rings (SSSR count). The molecule has 2 saturated carbocycles. The summed E-state index contributed by atoms with van der Waals surface area (Å²) in [4.78, 5) is 29.5. The van der Waals surface area contributed by atoms with Crippen molar-refractivity contribution < 1.29 is 14.7 Å². The highest BCUT2D eigenvalue weighted by atomic mass is 35.5. The zero-order valence-electron chi connectivity index (χ0n) is 17.7. The highest BCUT2D eigenvalue weighted by Crippen LogP contribution is 2.42. The van der Waals surface area contributed by atoms with Crippen molar-refractivity contribution in [1.29, 1.82) is 0 Å². The lowest BCUT2D eigenvalue weighted by atomic mass is 9.91. The molecule has 166 valence electrons. The Bertz CT molecular complexity index is 1030. The van der Waals surface area contributed by atoms with Crippen LogP contribution in [0.3, 0.4) is 0 Å². The first kappa shape index (κ1) is 20.6. The molecular weight excluding hydrogens is 418 g/mol. The Labute approximate surface area is 186 Å². The first-order valence-electron chi connectivity index (χ1n) is 11.1. The van der Waals surface area contributed by atoms with Gasteiger partial charge in [-0.2, -0.15) is 5.10 Å². The second kappa shape index (κ2) is 7.98. The van der Waals surface area contributed by atoms with E-state index in [1.54, 1.807) is 9.42 Å². The van der Waals surface area contributed by atoms with Crippen molar-refractivity contribution in [3.05, 3.63) is 28.4 Å². The predicted octanol–water partition coefficient (Wildman–Crippen LogP) is 2.49. The van der Waals surface area contributed by atoms with Gasteiger partial charge in [-0.05, 0) is 62.1 Å². The Hall–Kier alpha value is -2.32. The molecule has 2 aromatic heterocycles. The molecule has 31 heavy (non-hydrogen) atoms. The second-order valence-corrected chi connectivity index (χ2v) is 9.31. The molecule has 8 nitrogen and oxygen atoms in total. The van der Waals surface area contributed by atoms with Crippen molar-refractivity contribution in [3.63, 3.8) is 0 Å². The molecular formula is C22H28ClN5O3. The number of carbonyl (C=O) groups excluding carboxylic acids is 2. The van der Waals surface area contributed by atoms with Crippen LogP contribution >= 0.6 is 11.6 Å². The van der Waals surface area contributed by atoms with Crippen molar-refractivity contribution >= 4 is 34.7 Å². The number of nitrogens with one attached hydrogen (secondary N) is 1. The Balaban J connectivity index is 1.36. The number of carbonyl (C=O) groups is 2. The third kappa shape index (κ3) is 3.76. The van der Waals surface area contributed by atoms with Crippen LogP contribution in [0.5, 0.6) is 0 Å². The Morgan fingerprint density at radius 3 is 2.55 bits per heavy atom. The summed E-state index contributed by atoms with van der Waals surface area (Å²) >= 11 is 6.62. The number of aromatic nitrogens is 2. The molecule has 9 heteroatoms. The first-order valence-corrected chi connectivity index (χ1v) is 11.5. The standard InChI is InChI=1S/C22H28ClN5O3/c1-24-18-11-14(13-2-3-13)10-17-20(23)21(25-28(17)18)22(31)26-8-9-27(19(30)12-26)15-4-6-16(29)7-5-15/h10-11,13,15-16,24,29H,2-9,12H2,1H3. The second-order valence-electron chi connectivity index (χ2n) is 8.93. The van der Waals surface area contributed by atoms with Crippen molar-refractivity contribution in [1.82, 2.24) is 19.4 Å². The van der Waals surface area contributed by atoms with Gasteiger partial charge in [-0.25, -0.2) is 4.52 Å². The minimum absolute atomic E-state index is 0.0360. The maximum absolute atomic E-state index is 13.2. The summed E-state index contributed by atoms with van der Waals surface area (Å²) in [6.07, 6.45) is 5.17. The molecule has 3 aliphatic rings. The zero-order chi connectivity index (χ0) is 21.7. The lowest BCUT2D eigenvalue weighted by Gasteiger charge is -2.41. The Kier molecular flexibility index (Phi) is 5.30. The van der Waals surface area contributed by atoms with Crippen LogP contribution in [0.4, 0.5) is 5.82 Å². The number of rotatable bonds is 4. The molecule has 1 aliphatic heterocycles. The van der Waals surface area contributed by atoms with Gasteiger partial charge in [-0.1, -0.05) is 11.6 Å². The molecule has 0 spiro atoms. The first-order chi connectivity index (χ1) is 15.0. The number of aliphatic hydroxyl groups is 1. The van der Waals surface area contributed by atoms with Gasteiger partial charge in [0.1, 0.15) is 12.4 Å². The van der Waals surface area contributed by atoms with Gasteiger partial charge in [0.25, 0.3) is 5.91 Å². The maximum Gasteiger partial charge on any atom is 0.276 e. The fourth-order valence-corrected chi connectivity index (χ4v) is 5.12. The molecule has 2 aliphatic carbocycles. The average Bonchev–Trinajstić information content (AvgIpc) is 3.57. The normalized spacial score (nSPS) is 24.7. The molecule has 0 bridgehead atoms. The summed E-state index contributed by atoms with van der Waals surface area (Å²) in [6, 6.07) is 4.24. The van der Waals surface area contributed by atoms with E-state index in [1.807, 2.05) is 18.0 Å². The Morgan fingerprint density at radius 2 is 1.90 bits per heavy atom. The number of halogens is 1. The summed E-state index contributed by atoms with van der Waals surface area (Å²) in [6.45, 7) is 0.998. The number of fused-ring (bicyclic) bond motifs is 1. The number of hydrogen-bond acceptors (Lipinski definition) is 5. The fourth-order valence-electron chi connectivity index (χ4n) is 4.87. The van der Waals surface area contributed by atoms with E-state index in [-0.39, 0.29) is 36.2 Å². The van der Waals surface area contributed by atoms with Crippen LogP contribution in [-0.2, 0) is 4.79 Å². The van der Waals surface area contributed by atoms with Gasteiger partial charge in [0.2, 0.25) is 5.91 Å². The SMILES string of the molecule is CNc1cc(C2CC2)cc2c(Cl)c(C(=O)N3CCN(C4CCC(O)CC4)C(=O)C3)nn12. The van der Waals surface area contributed by atoms with Crippen molar-refractivity contribution in [2.45, 2.75) is 56.6 Å². The lowest BCUT2D eigenvalue weighted by molar-refractivity contribution is -0.138. The number of amides is 2. The van der Waals surface area contributed by atoms with Crippen LogP contribution in [0.1, 0.15) is 60.5 Å². The van der Waals surface area contributed by atoms with Gasteiger partial charge < -0.3 is 20.2 Å². The van der Waals surface area contributed by atoms with Crippen LogP contribution in [0.15, 0.2) is 12.1 Å². The molecule has 2 amide bonds. The van der Waals surface area contributed by atoms with E-state index >= 15 is 0 Å². The van der Waals surface area contributed by atoms with Crippen LogP contribution in [-0.4, -0.2) is 75.2 Å². The van der Waals surface area contributed by atoms with E-state index in [9.17, 15) is 14.7 Å². The van der Waals surface area contributed by atoms with Gasteiger partial charge in [-0.3, -0.25) is 9.59 Å². The summed E-state index contributed by atoms with van der Waals surface area (Å²) in [7, 11) is 1.82. The molecule has 3 heterocycles. The number of hydrogen-bond donors (Lipinski definition) is 2. The van der Waals surface area contributed by atoms with Gasteiger partial charge in [-0.15, -0.1) is 0 Å². The van der Waals surface area contributed by atoms with Gasteiger partial charge in [0.05, 0.1) is 16.6 Å². The molecule has 0 atom stereocenters. The molecule has 2 aromatic rings. The molecule has 3 fully saturated rings. The third-order valence-corrected chi connectivity index (χ3v) is 7.23. The number of nitrogens with zero attached hydrogens (tertiary/aromatic N) is 4. The molecule has 2 N–H and O–H groups in total. The van der Waals surface area contributed by atoms with E-state index in [2.05, 4.69) is 16.5 Å². The topological polar surface area (TPSA) is 90.2 Å². The van der Waals surface area contributed by atoms with E-state index in [0.29, 0.717) is 29.5 Å². The molecule has 0 radical (unpaired) electrons. The highest BCUT2D eigenvalue weighted by Gasteiger charge is 2.35. The van der Waals surface area contributed by atoms with Gasteiger partial charge in [0, 0.05) is 26.2 Å². The number of pyridine rings is 1. The Morgan fingerprint density at radius 1 is 1.16 bits per heavy atom. The minimum Gasteiger partial charge on any atom is -0.393 e. The smallest absolute Gasteiger partial charge is 0.276 e. The number of anilines is 1. The highest BCUT2D eigenvalue weighted by molar-refractivity contribution is 6.37.